The van der Waals surface area contributed by atoms with Gasteiger partial charge in [-0.2, -0.15) is 5.26 Å². The molecule has 1 aliphatic rings. The summed E-state index contributed by atoms with van der Waals surface area (Å²) in [5, 5.41) is 9.07. The van der Waals surface area contributed by atoms with Crippen LogP contribution in [0.5, 0.6) is 0 Å². The van der Waals surface area contributed by atoms with Crippen LogP contribution in [0.3, 0.4) is 0 Å². The number of anilines is 1. The Bertz CT molecular complexity index is 468. The van der Waals surface area contributed by atoms with Crippen molar-refractivity contribution in [1.82, 2.24) is 0 Å². The van der Waals surface area contributed by atoms with E-state index in [1.165, 1.54) is 16.1 Å². The number of rotatable bonds is 0. The molecule has 0 saturated carbocycles. The Morgan fingerprint density at radius 2 is 2.12 bits per heavy atom. The van der Waals surface area contributed by atoms with Crippen molar-refractivity contribution in [2.75, 3.05) is 17.7 Å². The molecule has 0 aliphatic carbocycles. The normalized spacial score (nSPS) is 19.7. The molecule has 0 fully saturated rings. The third kappa shape index (κ3) is 2.28. The number of hydrogen-bond donors (Lipinski definition) is 0. The molecule has 0 amide bonds. The summed E-state index contributed by atoms with van der Waals surface area (Å²) in [4.78, 5) is 3.38. The van der Waals surface area contributed by atoms with Crippen LogP contribution in [-0.4, -0.2) is 18.8 Å². The van der Waals surface area contributed by atoms with Crippen molar-refractivity contribution in [3.63, 3.8) is 0 Å². The minimum absolute atomic E-state index is 0.00649. The molecule has 1 heterocycles. The van der Waals surface area contributed by atoms with E-state index in [1.54, 1.807) is 11.8 Å². The van der Waals surface area contributed by atoms with E-state index in [1.807, 2.05) is 7.05 Å². The average molecular weight is 246 g/mol. The van der Waals surface area contributed by atoms with Crippen LogP contribution < -0.4 is 4.90 Å². The Balaban J connectivity index is 2.41. The smallest absolute Gasteiger partial charge is 0.126 e. The molecule has 0 spiro atoms. The summed E-state index contributed by atoms with van der Waals surface area (Å²) in [6, 6.07) is 8.93. The molecule has 2 rings (SSSR count). The summed E-state index contributed by atoms with van der Waals surface area (Å²) < 4.78 is 0. The van der Waals surface area contributed by atoms with E-state index in [4.69, 9.17) is 5.26 Å². The molecule has 1 aromatic carbocycles. The highest BCUT2D eigenvalue weighted by atomic mass is 32.2. The summed E-state index contributed by atoms with van der Waals surface area (Å²) in [6.45, 7) is 6.68. The molecule has 1 atom stereocenters. The first-order valence-corrected chi connectivity index (χ1v) is 6.82. The lowest BCUT2D eigenvalue weighted by molar-refractivity contribution is 0.588. The number of hydrogen-bond acceptors (Lipinski definition) is 3. The number of nitriles is 1. The molecular formula is C14H18N2S. The second-order valence-electron chi connectivity index (χ2n) is 5.50. The Kier molecular flexibility index (Phi) is 3.09. The van der Waals surface area contributed by atoms with Crippen LogP contribution in [0.4, 0.5) is 5.69 Å². The standard InChI is InChI=1S/C14H18N2S/c1-14(2,3)10-5-6-12-13(7-10)17-9-11(8-15)16(12)4/h5-7,11H,9H2,1-4H3. The molecule has 0 saturated heterocycles. The second kappa shape index (κ2) is 4.27. The fourth-order valence-corrected chi connectivity index (χ4v) is 3.17. The quantitative estimate of drug-likeness (QED) is 0.702. The molecule has 1 aliphatic heterocycles. The summed E-state index contributed by atoms with van der Waals surface area (Å²) in [5.74, 6) is 0.855. The lowest BCUT2D eigenvalue weighted by atomic mass is 9.87. The maximum Gasteiger partial charge on any atom is 0.126 e. The molecule has 90 valence electrons. The van der Waals surface area contributed by atoms with E-state index in [2.05, 4.69) is 49.9 Å². The molecule has 0 aromatic heterocycles. The highest BCUT2D eigenvalue weighted by Crippen LogP contribution is 2.39. The van der Waals surface area contributed by atoms with Gasteiger partial charge in [0.05, 0.1) is 11.8 Å². The van der Waals surface area contributed by atoms with E-state index in [0.717, 1.165) is 5.75 Å². The van der Waals surface area contributed by atoms with Crippen LogP contribution in [0.2, 0.25) is 0 Å². The van der Waals surface area contributed by atoms with Gasteiger partial charge >= 0.3 is 0 Å². The minimum Gasteiger partial charge on any atom is -0.357 e. The minimum atomic E-state index is -0.00649. The lowest BCUT2D eigenvalue weighted by Crippen LogP contribution is -2.35. The van der Waals surface area contributed by atoms with Crippen molar-refractivity contribution in [1.29, 1.82) is 5.26 Å². The number of benzene rings is 1. The largest absolute Gasteiger partial charge is 0.357 e. The van der Waals surface area contributed by atoms with E-state index in [-0.39, 0.29) is 11.5 Å². The van der Waals surface area contributed by atoms with Crippen molar-refractivity contribution < 1.29 is 0 Å². The van der Waals surface area contributed by atoms with Crippen molar-refractivity contribution in [3.8, 4) is 6.07 Å². The molecule has 17 heavy (non-hydrogen) atoms. The van der Waals surface area contributed by atoms with Crippen LogP contribution in [0.1, 0.15) is 26.3 Å². The molecule has 2 nitrogen and oxygen atoms in total. The van der Waals surface area contributed by atoms with Gasteiger partial charge in [0.15, 0.2) is 0 Å². The summed E-state index contributed by atoms with van der Waals surface area (Å²) in [5.41, 5.74) is 2.72. The van der Waals surface area contributed by atoms with Gasteiger partial charge in [-0.05, 0) is 23.1 Å². The Morgan fingerprint density at radius 3 is 2.71 bits per heavy atom. The first kappa shape index (κ1) is 12.3. The van der Waals surface area contributed by atoms with Crippen LogP contribution in [-0.2, 0) is 5.41 Å². The summed E-state index contributed by atoms with van der Waals surface area (Å²) in [7, 11) is 2.00. The maximum atomic E-state index is 9.07. The van der Waals surface area contributed by atoms with E-state index < -0.39 is 0 Å². The van der Waals surface area contributed by atoms with Gasteiger partial charge in [-0.1, -0.05) is 26.8 Å². The number of nitrogens with zero attached hydrogens (tertiary/aromatic N) is 2. The SMILES string of the molecule is CN1c2ccc(C(C)(C)C)cc2SCC1C#N. The van der Waals surface area contributed by atoms with Crippen LogP contribution in [0.25, 0.3) is 0 Å². The van der Waals surface area contributed by atoms with Gasteiger partial charge in [-0.15, -0.1) is 11.8 Å². The molecule has 0 N–H and O–H groups in total. The fourth-order valence-electron chi connectivity index (χ4n) is 1.96. The van der Waals surface area contributed by atoms with Crippen molar-refractivity contribution in [2.24, 2.45) is 0 Å². The van der Waals surface area contributed by atoms with E-state index in [9.17, 15) is 0 Å². The van der Waals surface area contributed by atoms with Gasteiger partial charge in [0, 0.05) is 17.7 Å². The Morgan fingerprint density at radius 1 is 1.41 bits per heavy atom. The molecule has 3 heteroatoms. The van der Waals surface area contributed by atoms with Gasteiger partial charge in [-0.3, -0.25) is 0 Å². The number of fused-ring (bicyclic) bond motifs is 1. The zero-order valence-corrected chi connectivity index (χ0v) is 11.6. The summed E-state index contributed by atoms with van der Waals surface area (Å²) >= 11 is 1.79. The topological polar surface area (TPSA) is 27.0 Å². The maximum absolute atomic E-state index is 9.07. The van der Waals surface area contributed by atoms with Crippen molar-refractivity contribution in [3.05, 3.63) is 23.8 Å². The third-order valence-electron chi connectivity index (χ3n) is 3.22. The predicted molar refractivity (Wildman–Crippen MR) is 73.7 cm³/mol. The molecule has 1 aromatic rings. The Hall–Kier alpha value is -1.14. The monoisotopic (exact) mass is 246 g/mol. The van der Waals surface area contributed by atoms with Crippen LogP contribution >= 0.6 is 11.8 Å². The highest BCUT2D eigenvalue weighted by Gasteiger charge is 2.25. The van der Waals surface area contributed by atoms with Gasteiger partial charge in [0.2, 0.25) is 0 Å². The second-order valence-corrected chi connectivity index (χ2v) is 6.56. The van der Waals surface area contributed by atoms with E-state index in [0.29, 0.717) is 0 Å². The fraction of sp³-hybridized carbons (Fsp3) is 0.500. The third-order valence-corrected chi connectivity index (χ3v) is 4.34. The molecule has 0 radical (unpaired) electrons. The first-order chi connectivity index (χ1) is 7.93. The average Bonchev–Trinajstić information content (AvgIpc) is 2.28. The summed E-state index contributed by atoms with van der Waals surface area (Å²) in [6.07, 6.45) is 0. The van der Waals surface area contributed by atoms with Crippen molar-refractivity contribution >= 4 is 17.4 Å². The van der Waals surface area contributed by atoms with Gasteiger partial charge in [0.1, 0.15) is 6.04 Å². The molecule has 0 bridgehead atoms. The van der Waals surface area contributed by atoms with Gasteiger partial charge in [-0.25, -0.2) is 0 Å². The predicted octanol–water partition coefficient (Wildman–Crippen LogP) is 3.42. The van der Waals surface area contributed by atoms with Crippen LogP contribution in [0.15, 0.2) is 23.1 Å². The highest BCUT2D eigenvalue weighted by molar-refractivity contribution is 7.99. The van der Waals surface area contributed by atoms with Crippen LogP contribution in [0, 0.1) is 11.3 Å². The first-order valence-electron chi connectivity index (χ1n) is 5.83. The molecule has 1 unspecified atom stereocenters. The Labute approximate surface area is 108 Å². The molecular weight excluding hydrogens is 228 g/mol. The zero-order valence-electron chi connectivity index (χ0n) is 10.8. The lowest BCUT2D eigenvalue weighted by Gasteiger charge is -2.32. The van der Waals surface area contributed by atoms with Gasteiger partial charge < -0.3 is 4.90 Å². The zero-order chi connectivity index (χ0) is 12.6. The number of thioether (sulfide) groups is 1. The van der Waals surface area contributed by atoms with Gasteiger partial charge in [0.25, 0.3) is 0 Å². The van der Waals surface area contributed by atoms with Crippen molar-refractivity contribution in [2.45, 2.75) is 37.1 Å². The van der Waals surface area contributed by atoms with E-state index >= 15 is 0 Å².